The van der Waals surface area contributed by atoms with Crippen LogP contribution in [-0.4, -0.2) is 48.5 Å². The molecule has 1 amide bonds. The van der Waals surface area contributed by atoms with Gasteiger partial charge in [0.2, 0.25) is 5.91 Å². The average Bonchev–Trinajstić information content (AvgIpc) is 3.26. The van der Waals surface area contributed by atoms with Crippen molar-refractivity contribution in [2.75, 3.05) is 42.6 Å². The molecule has 3 aliphatic rings. The second-order valence-corrected chi connectivity index (χ2v) is 9.38. The van der Waals surface area contributed by atoms with Crippen LogP contribution in [0.1, 0.15) is 49.8 Å². The molecule has 2 aliphatic heterocycles. The van der Waals surface area contributed by atoms with Crippen LogP contribution in [0, 0.1) is 5.92 Å². The first-order valence-electron chi connectivity index (χ1n) is 11.9. The van der Waals surface area contributed by atoms with Crippen LogP contribution in [-0.2, 0) is 22.5 Å². The van der Waals surface area contributed by atoms with Gasteiger partial charge in [0.1, 0.15) is 6.54 Å². The Kier molecular flexibility index (Phi) is 6.00. The van der Waals surface area contributed by atoms with Crippen molar-refractivity contribution in [2.45, 2.75) is 51.5 Å². The second kappa shape index (κ2) is 9.06. The van der Waals surface area contributed by atoms with E-state index in [0.29, 0.717) is 12.5 Å². The SMILES string of the molecule is C[C@H]1CC[C@H](c2ccc(=O)n(CC(=O)N3CCc4c(N5CCOCC5)cccc43)n2)CC1. The minimum atomic E-state index is -0.215. The highest BCUT2D eigenvalue weighted by atomic mass is 16.5. The Morgan fingerprint density at radius 1 is 1.03 bits per heavy atom. The van der Waals surface area contributed by atoms with E-state index >= 15 is 0 Å². The number of amides is 1. The van der Waals surface area contributed by atoms with E-state index in [1.54, 1.807) is 6.07 Å². The summed E-state index contributed by atoms with van der Waals surface area (Å²) >= 11 is 0. The lowest BCUT2D eigenvalue weighted by Gasteiger charge is -2.30. The predicted molar refractivity (Wildman–Crippen MR) is 124 cm³/mol. The number of ether oxygens (including phenoxy) is 1. The number of nitrogens with zero attached hydrogens (tertiary/aromatic N) is 4. The van der Waals surface area contributed by atoms with Gasteiger partial charge < -0.3 is 14.5 Å². The summed E-state index contributed by atoms with van der Waals surface area (Å²) in [5.41, 5.74) is 4.11. The molecule has 3 heterocycles. The maximum Gasteiger partial charge on any atom is 0.267 e. The number of fused-ring (bicyclic) bond motifs is 1. The largest absolute Gasteiger partial charge is 0.378 e. The first-order chi connectivity index (χ1) is 15.6. The molecule has 1 saturated heterocycles. The van der Waals surface area contributed by atoms with E-state index in [1.807, 2.05) is 23.1 Å². The van der Waals surface area contributed by atoms with E-state index in [1.165, 1.54) is 28.8 Å². The summed E-state index contributed by atoms with van der Waals surface area (Å²) in [5, 5.41) is 4.61. The molecule has 0 atom stereocenters. The third kappa shape index (κ3) is 4.18. The summed E-state index contributed by atoms with van der Waals surface area (Å²) < 4.78 is 6.85. The Balaban J connectivity index is 1.34. The normalized spacial score (nSPS) is 23.3. The Labute approximate surface area is 189 Å². The number of hydrogen-bond donors (Lipinski definition) is 0. The molecule has 2 aromatic rings. The lowest BCUT2D eigenvalue weighted by molar-refractivity contribution is -0.119. The second-order valence-electron chi connectivity index (χ2n) is 9.38. The van der Waals surface area contributed by atoms with Gasteiger partial charge >= 0.3 is 0 Å². The molecule has 0 spiro atoms. The third-order valence-electron chi connectivity index (χ3n) is 7.26. The molecule has 7 heteroatoms. The van der Waals surface area contributed by atoms with E-state index in [0.717, 1.165) is 62.9 Å². The van der Waals surface area contributed by atoms with E-state index in [9.17, 15) is 9.59 Å². The molecule has 1 aromatic heterocycles. The number of carbonyl (C=O) groups is 1. The zero-order valence-electron chi connectivity index (χ0n) is 18.8. The summed E-state index contributed by atoms with van der Waals surface area (Å²) in [6.07, 6.45) is 5.42. The van der Waals surface area contributed by atoms with Gasteiger partial charge in [-0.3, -0.25) is 9.59 Å². The molecule has 0 unspecified atom stereocenters. The van der Waals surface area contributed by atoms with Crippen molar-refractivity contribution in [1.29, 1.82) is 0 Å². The minimum absolute atomic E-state index is 0.0168. The van der Waals surface area contributed by atoms with Crippen LogP contribution in [0.15, 0.2) is 35.1 Å². The van der Waals surface area contributed by atoms with Gasteiger partial charge in [0.05, 0.1) is 18.9 Å². The number of hydrogen-bond acceptors (Lipinski definition) is 5. The summed E-state index contributed by atoms with van der Waals surface area (Å²) in [4.78, 5) is 29.9. The monoisotopic (exact) mass is 436 g/mol. The molecule has 2 fully saturated rings. The van der Waals surface area contributed by atoms with Crippen LogP contribution in [0.5, 0.6) is 0 Å². The Bertz CT molecular complexity index is 1040. The van der Waals surface area contributed by atoms with E-state index < -0.39 is 0 Å². The van der Waals surface area contributed by atoms with Crippen LogP contribution in [0.3, 0.4) is 0 Å². The van der Waals surface area contributed by atoms with E-state index in [-0.39, 0.29) is 18.0 Å². The maximum atomic E-state index is 13.2. The van der Waals surface area contributed by atoms with Crippen molar-refractivity contribution in [3.8, 4) is 0 Å². The topological polar surface area (TPSA) is 67.7 Å². The number of morpholine rings is 1. The van der Waals surface area contributed by atoms with Gasteiger partial charge in [0, 0.05) is 48.6 Å². The lowest BCUT2D eigenvalue weighted by Crippen LogP contribution is -2.37. The van der Waals surface area contributed by atoms with Gasteiger partial charge in [-0.05, 0) is 43.4 Å². The van der Waals surface area contributed by atoms with Crippen molar-refractivity contribution in [3.63, 3.8) is 0 Å². The number of carbonyl (C=O) groups excluding carboxylic acids is 1. The molecular formula is C25H32N4O3. The van der Waals surface area contributed by atoms with Gasteiger partial charge in [-0.25, -0.2) is 4.68 Å². The smallest absolute Gasteiger partial charge is 0.267 e. The highest BCUT2D eigenvalue weighted by Gasteiger charge is 2.29. The van der Waals surface area contributed by atoms with Gasteiger partial charge in [0.25, 0.3) is 5.56 Å². The first kappa shape index (κ1) is 21.2. The summed E-state index contributed by atoms with van der Waals surface area (Å²) in [6, 6.07) is 9.59. The molecule has 1 saturated carbocycles. The lowest BCUT2D eigenvalue weighted by atomic mass is 9.81. The number of aromatic nitrogens is 2. The van der Waals surface area contributed by atoms with Crippen molar-refractivity contribution >= 4 is 17.3 Å². The fourth-order valence-corrected chi connectivity index (χ4v) is 5.34. The zero-order valence-corrected chi connectivity index (χ0v) is 18.8. The number of anilines is 2. The van der Waals surface area contributed by atoms with Crippen LogP contribution >= 0.6 is 0 Å². The molecule has 7 nitrogen and oxygen atoms in total. The molecule has 32 heavy (non-hydrogen) atoms. The minimum Gasteiger partial charge on any atom is -0.378 e. The molecule has 1 aromatic carbocycles. The van der Waals surface area contributed by atoms with Crippen molar-refractivity contribution in [3.05, 3.63) is 51.9 Å². The van der Waals surface area contributed by atoms with Gasteiger partial charge in [-0.15, -0.1) is 0 Å². The fourth-order valence-electron chi connectivity index (χ4n) is 5.34. The third-order valence-corrected chi connectivity index (χ3v) is 7.26. The van der Waals surface area contributed by atoms with E-state index in [4.69, 9.17) is 4.74 Å². The van der Waals surface area contributed by atoms with Crippen LogP contribution in [0.2, 0.25) is 0 Å². The molecule has 0 bridgehead atoms. The molecule has 5 rings (SSSR count). The van der Waals surface area contributed by atoms with Gasteiger partial charge in [-0.2, -0.15) is 5.10 Å². The molecule has 0 N–H and O–H groups in total. The number of benzene rings is 1. The summed E-state index contributed by atoms with van der Waals surface area (Å²) in [6.45, 7) is 6.13. The van der Waals surface area contributed by atoms with Gasteiger partial charge in [0.15, 0.2) is 0 Å². The molecule has 170 valence electrons. The quantitative estimate of drug-likeness (QED) is 0.737. The Morgan fingerprint density at radius 2 is 1.78 bits per heavy atom. The van der Waals surface area contributed by atoms with Crippen LogP contribution in [0.4, 0.5) is 11.4 Å². The highest BCUT2D eigenvalue weighted by Crippen LogP contribution is 2.36. The average molecular weight is 437 g/mol. The molecular weight excluding hydrogens is 404 g/mol. The Hall–Kier alpha value is -2.67. The van der Waals surface area contributed by atoms with Crippen LogP contribution in [0.25, 0.3) is 0 Å². The molecule has 1 aliphatic carbocycles. The van der Waals surface area contributed by atoms with Gasteiger partial charge in [-0.1, -0.05) is 25.8 Å². The van der Waals surface area contributed by atoms with Crippen molar-refractivity contribution in [1.82, 2.24) is 9.78 Å². The fraction of sp³-hybridized carbons (Fsp3) is 0.560. The van der Waals surface area contributed by atoms with E-state index in [2.05, 4.69) is 23.0 Å². The maximum absolute atomic E-state index is 13.2. The summed E-state index contributed by atoms with van der Waals surface area (Å²) in [5.74, 6) is 1.07. The van der Waals surface area contributed by atoms with Crippen molar-refractivity contribution in [2.24, 2.45) is 5.92 Å². The predicted octanol–water partition coefficient (Wildman–Crippen LogP) is 2.96. The summed E-state index contributed by atoms with van der Waals surface area (Å²) in [7, 11) is 0. The first-order valence-corrected chi connectivity index (χ1v) is 11.9. The zero-order chi connectivity index (χ0) is 22.1. The standard InChI is InChI=1S/C25H32N4O3/c1-18-5-7-19(8-6-18)21-9-10-24(30)29(26-21)17-25(31)28-12-11-20-22(3-2-4-23(20)28)27-13-15-32-16-14-27/h2-4,9-10,18-19H,5-8,11-17H2,1H3/t18-,19-. The molecule has 0 radical (unpaired) electrons. The number of rotatable bonds is 4. The highest BCUT2D eigenvalue weighted by molar-refractivity contribution is 5.96. The van der Waals surface area contributed by atoms with Crippen molar-refractivity contribution < 1.29 is 9.53 Å². The Morgan fingerprint density at radius 3 is 2.56 bits per heavy atom. The van der Waals surface area contributed by atoms with Crippen LogP contribution < -0.4 is 15.4 Å².